The van der Waals surface area contributed by atoms with Gasteiger partial charge in [0.2, 0.25) is 0 Å². The topological polar surface area (TPSA) is 19.6 Å². The highest BCUT2D eigenvalue weighted by molar-refractivity contribution is 7.24. The number of anilines is 5. The first-order valence-electron chi connectivity index (χ1n) is 25.6. The normalized spacial score (nSPS) is 15.4. The van der Waals surface area contributed by atoms with Gasteiger partial charge in [-0.05, 0) is 130 Å². The minimum absolute atomic E-state index is 0.0546. The Bertz CT molecular complexity index is 4170. The van der Waals surface area contributed by atoms with E-state index in [1.807, 2.05) is 0 Å². The van der Waals surface area contributed by atoms with Crippen LogP contribution in [0.2, 0.25) is 0 Å². The van der Waals surface area contributed by atoms with Crippen molar-refractivity contribution in [3.05, 3.63) is 223 Å². The molecule has 5 heteroatoms. The van der Waals surface area contributed by atoms with Gasteiger partial charge in [-0.25, -0.2) is 0 Å². The van der Waals surface area contributed by atoms with Crippen molar-refractivity contribution in [2.45, 2.75) is 45.4 Å². The zero-order chi connectivity index (χ0) is 48.0. The molecule has 0 atom stereocenters. The largest absolute Gasteiger partial charge is 0.456 e. The molecule has 0 radical (unpaired) electrons. The quantitative estimate of drug-likeness (QED) is 0.161. The van der Waals surface area contributed by atoms with E-state index in [1.54, 1.807) is 0 Å². The summed E-state index contributed by atoms with van der Waals surface area (Å²) in [6, 6.07) is 79.1. The Labute approximate surface area is 421 Å². The Kier molecular flexibility index (Phi) is 7.81. The molecule has 1 spiro atoms. The number of fused-ring (bicyclic) bond motifs is 20. The fourth-order valence-electron chi connectivity index (χ4n) is 14.4. The number of hydrogen-bond donors (Lipinski definition) is 0. The second-order valence-electron chi connectivity index (χ2n) is 22.3. The molecule has 5 aliphatic rings. The molecule has 0 N–H and O–H groups in total. The van der Waals surface area contributed by atoms with Crippen LogP contribution in [-0.2, 0) is 10.8 Å². The fourth-order valence-corrected chi connectivity index (χ4v) is 20.0. The predicted octanol–water partition coefficient (Wildman–Crippen LogP) is 13.2. The maximum Gasteiger partial charge on any atom is 0.333 e. The first-order chi connectivity index (χ1) is 35.1. The Balaban J connectivity index is 1.11. The van der Waals surface area contributed by atoms with E-state index in [1.165, 1.54) is 116 Å². The molecule has 340 valence electrons. The molecule has 0 amide bonds. The minimum atomic E-state index is -2.90. The second kappa shape index (κ2) is 13.8. The molecule has 1 aromatic heterocycles. The lowest BCUT2D eigenvalue weighted by Gasteiger charge is -2.52. The van der Waals surface area contributed by atoms with Gasteiger partial charge in [0.05, 0.1) is 5.69 Å². The highest BCUT2D eigenvalue weighted by atomic mass is 28.3. The van der Waals surface area contributed by atoms with Crippen molar-refractivity contribution in [2.24, 2.45) is 0 Å². The summed E-state index contributed by atoms with van der Waals surface area (Å²) in [5.41, 5.74) is 24.9. The van der Waals surface area contributed by atoms with Crippen molar-refractivity contribution in [1.29, 1.82) is 0 Å². The lowest BCUT2D eigenvalue weighted by atomic mass is 9.42. The zero-order valence-corrected chi connectivity index (χ0v) is 42.0. The number of para-hydroxylation sites is 3. The average Bonchev–Trinajstić information content (AvgIpc) is 4.00. The Morgan fingerprint density at radius 1 is 0.472 bits per heavy atom. The van der Waals surface area contributed by atoms with Crippen LogP contribution in [0.5, 0.6) is 0 Å². The van der Waals surface area contributed by atoms with Crippen LogP contribution in [0.4, 0.5) is 28.4 Å². The highest BCUT2D eigenvalue weighted by Crippen LogP contribution is 2.59. The van der Waals surface area contributed by atoms with Crippen LogP contribution in [-0.4, -0.2) is 14.9 Å². The fraction of sp³-hybridized carbons (Fsp3) is 0.104. The molecule has 1 aliphatic carbocycles. The van der Waals surface area contributed by atoms with Crippen LogP contribution in [0.3, 0.4) is 0 Å². The average molecular weight is 937 g/mol. The molecule has 72 heavy (non-hydrogen) atoms. The molecule has 0 unspecified atom stereocenters. The standard InChI is InChI=1S/C67H49BN2OSi/c1-66(2,3)41-34-35-52(47(36-41)40-20-7-6-8-21-40)69-54-37-48-43-23-10-15-29-56(43)71-57(48)39-51(54)68-64-55(69)38-49-42-22-9-13-27-50(42)67(4,5)63(49)62(64)46-26-19-33-61-65(46)70(68)53-28-14-18-32-60(53)72(61)58-30-16-11-24-44(58)45-25-12-17-31-59(45)72/h6-39H,1-5H3. The maximum atomic E-state index is 6.95. The lowest BCUT2D eigenvalue weighted by molar-refractivity contribution is 0.590. The third-order valence-electron chi connectivity index (χ3n) is 17.4. The molecular formula is C67H49BN2OSi. The Hall–Kier alpha value is -8.12. The van der Waals surface area contributed by atoms with Gasteiger partial charge in [0.1, 0.15) is 11.2 Å². The molecule has 4 aliphatic heterocycles. The van der Waals surface area contributed by atoms with Crippen LogP contribution < -0.4 is 41.4 Å². The third-order valence-corrected chi connectivity index (χ3v) is 22.3. The van der Waals surface area contributed by atoms with E-state index in [2.05, 4.69) is 251 Å². The van der Waals surface area contributed by atoms with Crippen molar-refractivity contribution in [2.75, 3.05) is 9.71 Å². The number of nitrogens with zero attached hydrogens (tertiary/aromatic N) is 2. The van der Waals surface area contributed by atoms with Gasteiger partial charge in [-0.3, -0.25) is 0 Å². The number of rotatable bonds is 2. The van der Waals surface area contributed by atoms with Crippen molar-refractivity contribution in [3.63, 3.8) is 0 Å². The molecule has 11 aromatic rings. The summed E-state index contributed by atoms with van der Waals surface area (Å²) < 4.78 is 6.95. The predicted molar refractivity (Wildman–Crippen MR) is 305 cm³/mol. The minimum Gasteiger partial charge on any atom is -0.456 e. The molecule has 0 saturated heterocycles. The molecule has 0 saturated carbocycles. The van der Waals surface area contributed by atoms with Crippen molar-refractivity contribution >= 4 is 97.0 Å². The molecule has 0 fully saturated rings. The van der Waals surface area contributed by atoms with Gasteiger partial charge < -0.3 is 14.1 Å². The molecular weight excluding hydrogens is 888 g/mol. The van der Waals surface area contributed by atoms with Gasteiger partial charge in [-0.2, -0.15) is 0 Å². The number of furan rings is 1. The molecule has 10 aromatic carbocycles. The van der Waals surface area contributed by atoms with Crippen LogP contribution in [0.1, 0.15) is 51.3 Å². The van der Waals surface area contributed by atoms with Gasteiger partial charge in [-0.15, -0.1) is 0 Å². The highest BCUT2D eigenvalue weighted by Gasteiger charge is 2.59. The van der Waals surface area contributed by atoms with E-state index in [9.17, 15) is 0 Å². The molecule has 3 nitrogen and oxygen atoms in total. The van der Waals surface area contributed by atoms with Crippen molar-refractivity contribution < 1.29 is 4.42 Å². The van der Waals surface area contributed by atoms with E-state index in [0.717, 1.165) is 27.6 Å². The Morgan fingerprint density at radius 2 is 1.12 bits per heavy atom. The second-order valence-corrected chi connectivity index (χ2v) is 26.0. The summed E-state index contributed by atoms with van der Waals surface area (Å²) in [5.74, 6) is 0. The summed E-state index contributed by atoms with van der Waals surface area (Å²) >= 11 is 0. The zero-order valence-electron chi connectivity index (χ0n) is 41.0. The summed E-state index contributed by atoms with van der Waals surface area (Å²) in [6.07, 6.45) is 0. The summed E-state index contributed by atoms with van der Waals surface area (Å²) in [4.78, 5) is 5.44. The summed E-state index contributed by atoms with van der Waals surface area (Å²) in [6.45, 7) is 11.7. The van der Waals surface area contributed by atoms with Gasteiger partial charge in [-0.1, -0.05) is 198 Å². The van der Waals surface area contributed by atoms with Crippen molar-refractivity contribution in [3.8, 4) is 44.5 Å². The first-order valence-corrected chi connectivity index (χ1v) is 27.6. The van der Waals surface area contributed by atoms with Gasteiger partial charge in [0, 0.05) is 50.1 Å². The van der Waals surface area contributed by atoms with E-state index in [0.29, 0.717) is 0 Å². The third kappa shape index (κ3) is 4.92. The van der Waals surface area contributed by atoms with E-state index < -0.39 is 8.07 Å². The van der Waals surface area contributed by atoms with E-state index >= 15 is 0 Å². The van der Waals surface area contributed by atoms with Crippen LogP contribution in [0, 0.1) is 0 Å². The van der Waals surface area contributed by atoms with Gasteiger partial charge >= 0.3 is 6.85 Å². The first kappa shape index (κ1) is 40.6. The SMILES string of the molecule is CC(C)(C)c1ccc(N2c3cc4c(cc3B3c5c2cc2c(c5-c5cccc6c5N3c3ccccc3[Si]63c5ccccc5-c5ccccc53)C(C)(C)c3ccccc3-2)oc2ccccc24)c(-c2ccccc2)c1. The monoisotopic (exact) mass is 936 g/mol. The van der Waals surface area contributed by atoms with Gasteiger partial charge in [0.25, 0.3) is 0 Å². The molecule has 0 bridgehead atoms. The van der Waals surface area contributed by atoms with Gasteiger partial charge in [0.15, 0.2) is 8.07 Å². The number of benzene rings is 10. The number of hydrogen-bond acceptors (Lipinski definition) is 3. The summed E-state index contributed by atoms with van der Waals surface area (Å²) in [7, 11) is -2.90. The van der Waals surface area contributed by atoms with Crippen LogP contribution in [0.25, 0.3) is 66.4 Å². The van der Waals surface area contributed by atoms with Crippen LogP contribution >= 0.6 is 0 Å². The smallest absolute Gasteiger partial charge is 0.333 e. The summed E-state index contributed by atoms with van der Waals surface area (Å²) in [5, 5.41) is 8.13. The van der Waals surface area contributed by atoms with E-state index in [-0.39, 0.29) is 17.7 Å². The maximum absolute atomic E-state index is 6.95. The lowest BCUT2D eigenvalue weighted by Crippen LogP contribution is -2.78. The van der Waals surface area contributed by atoms with E-state index in [4.69, 9.17) is 4.42 Å². The molecule has 5 heterocycles. The molecule has 16 rings (SSSR count). The van der Waals surface area contributed by atoms with Crippen molar-refractivity contribution in [1.82, 2.24) is 0 Å². The van der Waals surface area contributed by atoms with Crippen LogP contribution in [0.15, 0.2) is 211 Å². The Morgan fingerprint density at radius 3 is 1.90 bits per heavy atom.